The maximum atomic E-state index is 14.0. The maximum Gasteiger partial charge on any atom is 0.123 e. The average Bonchev–Trinajstić information content (AvgIpc) is 2.65. The second-order valence-corrected chi connectivity index (χ2v) is 5.85. The van der Waals surface area contributed by atoms with E-state index in [1.807, 2.05) is 11.8 Å². The quantitative estimate of drug-likeness (QED) is 0.780. The van der Waals surface area contributed by atoms with Crippen LogP contribution in [0.3, 0.4) is 0 Å². The number of alkyl halides is 1. The molecule has 2 fully saturated rings. The van der Waals surface area contributed by atoms with Crippen molar-refractivity contribution >= 4 is 11.8 Å². The summed E-state index contributed by atoms with van der Waals surface area (Å²) in [4.78, 5) is 0. The van der Waals surface area contributed by atoms with Gasteiger partial charge in [0.15, 0.2) is 0 Å². The number of thioether (sulfide) groups is 1. The highest BCUT2D eigenvalue weighted by molar-refractivity contribution is 7.99. The first-order chi connectivity index (χ1) is 6.79. The molecule has 0 atom stereocenters. The van der Waals surface area contributed by atoms with Crippen LogP contribution in [0.15, 0.2) is 0 Å². The van der Waals surface area contributed by atoms with Crippen LogP contribution in [-0.2, 0) is 0 Å². The molecule has 0 aromatic heterocycles. The number of rotatable bonds is 3. The van der Waals surface area contributed by atoms with Gasteiger partial charge in [-0.15, -0.1) is 0 Å². The van der Waals surface area contributed by atoms with Crippen LogP contribution in [0.1, 0.15) is 38.5 Å². The van der Waals surface area contributed by atoms with Crippen LogP contribution in [0.5, 0.6) is 0 Å². The summed E-state index contributed by atoms with van der Waals surface area (Å²) in [7, 11) is 0. The molecule has 0 aromatic carbocycles. The third kappa shape index (κ3) is 2.86. The lowest BCUT2D eigenvalue weighted by Gasteiger charge is -2.27. The van der Waals surface area contributed by atoms with E-state index in [0.717, 1.165) is 25.7 Å². The van der Waals surface area contributed by atoms with Gasteiger partial charge in [-0.3, -0.25) is 0 Å². The fourth-order valence-corrected chi connectivity index (χ4v) is 3.52. The van der Waals surface area contributed by atoms with Gasteiger partial charge in [0.05, 0.1) is 0 Å². The predicted octanol–water partition coefficient (Wildman–Crippen LogP) is 2.75. The Bertz CT molecular complexity index is 174. The first-order valence-electron chi connectivity index (χ1n) is 5.79. The average molecular weight is 217 g/mol. The molecule has 2 aliphatic rings. The molecule has 1 aliphatic heterocycles. The number of halogens is 1. The van der Waals surface area contributed by atoms with Gasteiger partial charge in [-0.25, -0.2) is 4.39 Å². The van der Waals surface area contributed by atoms with Crippen LogP contribution in [-0.4, -0.2) is 29.8 Å². The number of nitrogens with one attached hydrogen (secondary N) is 1. The second-order valence-electron chi connectivity index (χ2n) is 4.63. The van der Waals surface area contributed by atoms with Gasteiger partial charge in [-0.1, -0.05) is 12.8 Å². The molecule has 1 nitrogen and oxygen atoms in total. The highest BCUT2D eigenvalue weighted by atomic mass is 32.2. The molecule has 3 heteroatoms. The van der Waals surface area contributed by atoms with Gasteiger partial charge in [0.2, 0.25) is 0 Å². The summed E-state index contributed by atoms with van der Waals surface area (Å²) in [5.74, 6) is 2.49. The summed E-state index contributed by atoms with van der Waals surface area (Å²) in [6.45, 7) is 0.600. The summed E-state index contributed by atoms with van der Waals surface area (Å²) in [6.07, 6.45) is 6.17. The van der Waals surface area contributed by atoms with Crippen molar-refractivity contribution in [2.24, 2.45) is 0 Å². The van der Waals surface area contributed by atoms with Crippen LogP contribution in [0, 0.1) is 0 Å². The van der Waals surface area contributed by atoms with Gasteiger partial charge in [0, 0.05) is 12.6 Å². The fraction of sp³-hybridized carbons (Fsp3) is 1.00. The first-order valence-corrected chi connectivity index (χ1v) is 6.94. The molecule has 1 heterocycles. The molecule has 82 valence electrons. The van der Waals surface area contributed by atoms with Gasteiger partial charge in [-0.2, -0.15) is 11.8 Å². The van der Waals surface area contributed by atoms with Crippen molar-refractivity contribution in [2.45, 2.75) is 50.2 Å². The summed E-state index contributed by atoms with van der Waals surface area (Å²) in [6, 6.07) is 0.587. The Kier molecular flexibility index (Phi) is 3.72. The third-order valence-electron chi connectivity index (χ3n) is 3.43. The van der Waals surface area contributed by atoms with E-state index in [9.17, 15) is 4.39 Å². The van der Waals surface area contributed by atoms with Crippen molar-refractivity contribution in [3.05, 3.63) is 0 Å². The molecule has 0 radical (unpaired) electrons. The largest absolute Gasteiger partial charge is 0.311 e. The van der Waals surface area contributed by atoms with Crippen LogP contribution in [0.25, 0.3) is 0 Å². The lowest BCUT2D eigenvalue weighted by molar-refractivity contribution is 0.161. The molecule has 0 aromatic rings. The van der Waals surface area contributed by atoms with Crippen molar-refractivity contribution in [3.63, 3.8) is 0 Å². The van der Waals surface area contributed by atoms with Crippen LogP contribution in [0.4, 0.5) is 4.39 Å². The van der Waals surface area contributed by atoms with Crippen LogP contribution < -0.4 is 5.32 Å². The van der Waals surface area contributed by atoms with E-state index in [1.165, 1.54) is 24.3 Å². The van der Waals surface area contributed by atoms with E-state index in [-0.39, 0.29) is 0 Å². The summed E-state index contributed by atoms with van der Waals surface area (Å²) in [5.41, 5.74) is -0.870. The Morgan fingerprint density at radius 1 is 1.21 bits per heavy atom. The molecular formula is C11H20FNS. The highest BCUT2D eigenvalue weighted by Gasteiger charge is 2.33. The van der Waals surface area contributed by atoms with Crippen molar-refractivity contribution in [3.8, 4) is 0 Å². The molecule has 0 amide bonds. The SMILES string of the molecule is FC1(CNC2CCSCC2)CCCC1. The summed E-state index contributed by atoms with van der Waals surface area (Å²) >= 11 is 2.02. The molecule has 1 aliphatic carbocycles. The molecule has 1 saturated carbocycles. The molecule has 1 saturated heterocycles. The molecule has 0 spiro atoms. The lowest BCUT2D eigenvalue weighted by atomic mass is 10.0. The normalized spacial score (nSPS) is 28.1. The van der Waals surface area contributed by atoms with E-state index in [4.69, 9.17) is 0 Å². The first kappa shape index (κ1) is 10.7. The molecule has 0 bridgehead atoms. The van der Waals surface area contributed by atoms with E-state index >= 15 is 0 Å². The summed E-state index contributed by atoms with van der Waals surface area (Å²) < 4.78 is 14.0. The Hall–Kier alpha value is 0.240. The van der Waals surface area contributed by atoms with Crippen molar-refractivity contribution in [1.29, 1.82) is 0 Å². The second kappa shape index (κ2) is 4.84. The standard InChI is InChI=1S/C11H20FNS/c12-11(5-1-2-6-11)9-13-10-3-7-14-8-4-10/h10,13H,1-9H2. The van der Waals surface area contributed by atoms with Gasteiger partial charge in [-0.05, 0) is 37.2 Å². The van der Waals surface area contributed by atoms with E-state index in [1.54, 1.807) is 0 Å². The number of hydrogen-bond donors (Lipinski definition) is 1. The fourth-order valence-electron chi connectivity index (χ4n) is 2.41. The van der Waals surface area contributed by atoms with Crippen molar-refractivity contribution in [1.82, 2.24) is 5.32 Å². The zero-order chi connectivity index (χ0) is 9.86. The Labute approximate surface area is 90.2 Å². The molecule has 2 rings (SSSR count). The van der Waals surface area contributed by atoms with Crippen molar-refractivity contribution < 1.29 is 4.39 Å². The Balaban J connectivity index is 1.70. The van der Waals surface area contributed by atoms with E-state index < -0.39 is 5.67 Å². The highest BCUT2D eigenvalue weighted by Crippen LogP contribution is 2.33. The van der Waals surface area contributed by atoms with E-state index in [0.29, 0.717) is 12.6 Å². The zero-order valence-corrected chi connectivity index (χ0v) is 9.54. The van der Waals surface area contributed by atoms with Crippen LogP contribution in [0.2, 0.25) is 0 Å². The lowest BCUT2D eigenvalue weighted by Crippen LogP contribution is -2.41. The van der Waals surface area contributed by atoms with E-state index in [2.05, 4.69) is 5.32 Å². The smallest absolute Gasteiger partial charge is 0.123 e. The van der Waals surface area contributed by atoms with Crippen LogP contribution >= 0.6 is 11.8 Å². The minimum absolute atomic E-state index is 0.587. The minimum Gasteiger partial charge on any atom is -0.311 e. The monoisotopic (exact) mass is 217 g/mol. The third-order valence-corrected chi connectivity index (χ3v) is 4.48. The van der Waals surface area contributed by atoms with Gasteiger partial charge in [0.1, 0.15) is 5.67 Å². The minimum atomic E-state index is -0.870. The van der Waals surface area contributed by atoms with Gasteiger partial charge >= 0.3 is 0 Å². The predicted molar refractivity (Wildman–Crippen MR) is 60.7 cm³/mol. The molecule has 0 unspecified atom stereocenters. The molecule has 1 N–H and O–H groups in total. The molecule has 14 heavy (non-hydrogen) atoms. The number of hydrogen-bond acceptors (Lipinski definition) is 2. The Morgan fingerprint density at radius 3 is 2.50 bits per heavy atom. The van der Waals surface area contributed by atoms with Gasteiger partial charge in [0.25, 0.3) is 0 Å². The van der Waals surface area contributed by atoms with Crippen molar-refractivity contribution in [2.75, 3.05) is 18.1 Å². The molecular weight excluding hydrogens is 197 g/mol. The topological polar surface area (TPSA) is 12.0 Å². The van der Waals surface area contributed by atoms with Gasteiger partial charge < -0.3 is 5.32 Å². The zero-order valence-electron chi connectivity index (χ0n) is 8.73. The maximum absolute atomic E-state index is 14.0. The Morgan fingerprint density at radius 2 is 1.86 bits per heavy atom. The summed E-state index contributed by atoms with van der Waals surface area (Å²) in [5, 5.41) is 3.42.